The van der Waals surface area contributed by atoms with Crippen LogP contribution < -0.4 is 5.32 Å². The Balaban J connectivity index is 1.82. The van der Waals surface area contributed by atoms with Crippen molar-refractivity contribution in [2.45, 2.75) is 51.0 Å². The normalized spacial score (nSPS) is 17.2. The third-order valence-corrected chi connectivity index (χ3v) is 7.12. The van der Waals surface area contributed by atoms with Crippen LogP contribution >= 0.6 is 0 Å². The molecule has 1 N–H and O–H groups in total. The summed E-state index contributed by atoms with van der Waals surface area (Å²) >= 11 is 0. The molecule has 0 aliphatic carbocycles. The summed E-state index contributed by atoms with van der Waals surface area (Å²) in [4.78, 5) is 4.49. The number of rotatable bonds is 6. The molecule has 2 aromatic rings. The van der Waals surface area contributed by atoms with Crippen LogP contribution in [0.25, 0.3) is 11.5 Å². The SMILES string of the molecule is CCC(C)Nc1oc(-c2ccc(S(=O)(=O)N3CCC(C)CC3)cc2)nc1C#N. The summed E-state index contributed by atoms with van der Waals surface area (Å²) < 4.78 is 32.9. The van der Waals surface area contributed by atoms with Gasteiger partial charge in [0, 0.05) is 24.7 Å². The number of nitrogens with one attached hydrogen (secondary N) is 1. The molecule has 1 saturated heterocycles. The van der Waals surface area contributed by atoms with E-state index in [1.165, 1.54) is 0 Å². The fraction of sp³-hybridized carbons (Fsp3) is 0.500. The van der Waals surface area contributed by atoms with Crippen LogP contribution in [0.1, 0.15) is 45.7 Å². The maximum atomic E-state index is 12.8. The van der Waals surface area contributed by atoms with E-state index in [0.29, 0.717) is 30.5 Å². The number of hydrogen-bond acceptors (Lipinski definition) is 6. The quantitative estimate of drug-likeness (QED) is 0.788. The lowest BCUT2D eigenvalue weighted by molar-refractivity contribution is 0.288. The molecule has 0 radical (unpaired) electrons. The Morgan fingerprint density at radius 1 is 1.32 bits per heavy atom. The van der Waals surface area contributed by atoms with Crippen LogP contribution in [-0.4, -0.2) is 36.8 Å². The van der Waals surface area contributed by atoms with Gasteiger partial charge < -0.3 is 9.73 Å². The minimum absolute atomic E-state index is 0.146. The minimum atomic E-state index is -3.49. The molecule has 3 rings (SSSR count). The van der Waals surface area contributed by atoms with Crippen molar-refractivity contribution in [1.82, 2.24) is 9.29 Å². The average molecular weight is 403 g/mol. The van der Waals surface area contributed by atoms with Crippen molar-refractivity contribution in [2.75, 3.05) is 18.4 Å². The predicted octanol–water partition coefficient (Wildman–Crippen LogP) is 3.84. The summed E-state index contributed by atoms with van der Waals surface area (Å²) in [7, 11) is -3.49. The highest BCUT2D eigenvalue weighted by atomic mass is 32.2. The van der Waals surface area contributed by atoms with Crippen molar-refractivity contribution in [3.05, 3.63) is 30.0 Å². The van der Waals surface area contributed by atoms with Crippen LogP contribution in [0, 0.1) is 17.2 Å². The van der Waals surface area contributed by atoms with Gasteiger partial charge in [-0.05, 0) is 56.4 Å². The molecule has 1 atom stereocenters. The van der Waals surface area contributed by atoms with E-state index in [2.05, 4.69) is 17.2 Å². The topological polar surface area (TPSA) is 99.2 Å². The summed E-state index contributed by atoms with van der Waals surface area (Å²) in [6.45, 7) is 7.28. The zero-order valence-electron chi connectivity index (χ0n) is 16.5. The van der Waals surface area contributed by atoms with E-state index in [9.17, 15) is 13.7 Å². The first kappa shape index (κ1) is 20.4. The van der Waals surface area contributed by atoms with Gasteiger partial charge in [0.15, 0.2) is 0 Å². The molecule has 28 heavy (non-hydrogen) atoms. The molecule has 1 aliphatic heterocycles. The molecule has 1 fully saturated rings. The van der Waals surface area contributed by atoms with Crippen LogP contribution in [0.5, 0.6) is 0 Å². The molecule has 1 aliphatic rings. The first-order valence-corrected chi connectivity index (χ1v) is 11.1. The van der Waals surface area contributed by atoms with E-state index in [4.69, 9.17) is 4.42 Å². The highest BCUT2D eigenvalue weighted by molar-refractivity contribution is 7.89. The van der Waals surface area contributed by atoms with Crippen molar-refractivity contribution < 1.29 is 12.8 Å². The lowest BCUT2D eigenvalue weighted by Gasteiger charge is -2.29. The number of anilines is 1. The molecular weight excluding hydrogens is 376 g/mol. The minimum Gasteiger partial charge on any atom is -0.419 e. The smallest absolute Gasteiger partial charge is 0.243 e. The second kappa shape index (κ2) is 8.33. The van der Waals surface area contributed by atoms with Crippen LogP contribution in [-0.2, 0) is 10.0 Å². The van der Waals surface area contributed by atoms with Crippen molar-refractivity contribution >= 4 is 15.9 Å². The highest BCUT2D eigenvalue weighted by Crippen LogP contribution is 2.28. The van der Waals surface area contributed by atoms with Crippen molar-refractivity contribution in [3.63, 3.8) is 0 Å². The summed E-state index contributed by atoms with van der Waals surface area (Å²) in [6.07, 6.45) is 2.65. The van der Waals surface area contributed by atoms with Gasteiger partial charge in [0.05, 0.1) is 4.90 Å². The Kier molecular flexibility index (Phi) is 6.06. The van der Waals surface area contributed by atoms with Crippen molar-refractivity contribution in [1.29, 1.82) is 5.26 Å². The van der Waals surface area contributed by atoms with Gasteiger partial charge in [-0.3, -0.25) is 0 Å². The Bertz CT molecular complexity index is 952. The third kappa shape index (κ3) is 4.21. The molecule has 0 amide bonds. The van der Waals surface area contributed by atoms with Crippen LogP contribution in [0.4, 0.5) is 5.88 Å². The number of sulfonamides is 1. The molecule has 1 aromatic heterocycles. The maximum absolute atomic E-state index is 12.8. The van der Waals surface area contributed by atoms with Gasteiger partial charge in [-0.15, -0.1) is 0 Å². The summed E-state index contributed by atoms with van der Waals surface area (Å²) in [6, 6.07) is 8.65. The van der Waals surface area contributed by atoms with Gasteiger partial charge in [0.1, 0.15) is 6.07 Å². The molecule has 150 valence electrons. The van der Waals surface area contributed by atoms with E-state index in [-0.39, 0.29) is 22.5 Å². The van der Waals surface area contributed by atoms with Gasteiger partial charge in [-0.2, -0.15) is 14.6 Å². The molecule has 7 nitrogen and oxygen atoms in total. The van der Waals surface area contributed by atoms with Gasteiger partial charge >= 0.3 is 0 Å². The van der Waals surface area contributed by atoms with Crippen LogP contribution in [0.2, 0.25) is 0 Å². The fourth-order valence-corrected chi connectivity index (χ4v) is 4.56. The lowest BCUT2D eigenvalue weighted by Crippen LogP contribution is -2.37. The molecule has 2 heterocycles. The first-order valence-electron chi connectivity index (χ1n) is 9.63. The zero-order valence-corrected chi connectivity index (χ0v) is 17.3. The average Bonchev–Trinajstić information content (AvgIpc) is 3.11. The number of oxazole rings is 1. The molecule has 0 saturated carbocycles. The Labute approximate surface area is 166 Å². The number of benzene rings is 1. The number of aromatic nitrogens is 1. The Morgan fingerprint density at radius 3 is 2.54 bits per heavy atom. The van der Waals surface area contributed by atoms with Crippen LogP contribution in [0.15, 0.2) is 33.6 Å². The largest absolute Gasteiger partial charge is 0.419 e. The first-order chi connectivity index (χ1) is 13.3. The molecule has 1 aromatic carbocycles. The fourth-order valence-electron chi connectivity index (χ4n) is 3.09. The molecule has 0 spiro atoms. The van der Waals surface area contributed by atoms with Crippen molar-refractivity contribution in [3.8, 4) is 17.5 Å². The van der Waals surface area contributed by atoms with E-state index in [1.807, 2.05) is 19.9 Å². The summed E-state index contributed by atoms with van der Waals surface area (Å²) in [5, 5.41) is 12.4. The third-order valence-electron chi connectivity index (χ3n) is 5.20. The monoisotopic (exact) mass is 402 g/mol. The number of piperidine rings is 1. The maximum Gasteiger partial charge on any atom is 0.243 e. The Hall–Kier alpha value is -2.37. The lowest BCUT2D eigenvalue weighted by atomic mass is 10.0. The zero-order chi connectivity index (χ0) is 20.3. The standard InChI is InChI=1S/C20H26N4O3S/c1-4-15(3)22-20-18(13-21)23-19(27-20)16-5-7-17(8-6-16)28(25,26)24-11-9-14(2)10-12-24/h5-8,14-15,22H,4,9-12H2,1-3H3. The second-order valence-electron chi connectivity index (χ2n) is 7.37. The van der Waals surface area contributed by atoms with Gasteiger partial charge in [-0.25, -0.2) is 8.42 Å². The van der Waals surface area contributed by atoms with Crippen LogP contribution in [0.3, 0.4) is 0 Å². The number of nitriles is 1. The molecular formula is C20H26N4O3S. The van der Waals surface area contributed by atoms with Gasteiger partial charge in [0.2, 0.25) is 27.5 Å². The van der Waals surface area contributed by atoms with E-state index < -0.39 is 10.0 Å². The second-order valence-corrected chi connectivity index (χ2v) is 9.31. The molecule has 0 bridgehead atoms. The van der Waals surface area contributed by atoms with Gasteiger partial charge in [0.25, 0.3) is 0 Å². The highest BCUT2D eigenvalue weighted by Gasteiger charge is 2.28. The molecule has 8 heteroatoms. The number of hydrogen-bond donors (Lipinski definition) is 1. The number of nitrogens with zero attached hydrogens (tertiary/aromatic N) is 3. The van der Waals surface area contributed by atoms with E-state index in [1.54, 1.807) is 28.6 Å². The molecule has 1 unspecified atom stereocenters. The summed E-state index contributed by atoms with van der Waals surface area (Å²) in [5.41, 5.74) is 0.814. The summed E-state index contributed by atoms with van der Waals surface area (Å²) in [5.74, 6) is 1.19. The van der Waals surface area contributed by atoms with E-state index >= 15 is 0 Å². The van der Waals surface area contributed by atoms with Crippen molar-refractivity contribution in [2.24, 2.45) is 5.92 Å². The van der Waals surface area contributed by atoms with E-state index in [0.717, 1.165) is 19.3 Å². The van der Waals surface area contributed by atoms with Gasteiger partial charge in [-0.1, -0.05) is 13.8 Å². The Morgan fingerprint density at radius 2 is 1.96 bits per heavy atom. The predicted molar refractivity (Wildman–Crippen MR) is 107 cm³/mol.